The fourth-order valence-corrected chi connectivity index (χ4v) is 3.31. The van der Waals surface area contributed by atoms with Crippen LogP contribution in [-0.2, 0) is 16.2 Å². The van der Waals surface area contributed by atoms with Gasteiger partial charge in [0.05, 0.1) is 5.69 Å². The van der Waals surface area contributed by atoms with Gasteiger partial charge in [-0.1, -0.05) is 35.9 Å². The van der Waals surface area contributed by atoms with Gasteiger partial charge in [0, 0.05) is 11.8 Å². The van der Waals surface area contributed by atoms with Crippen molar-refractivity contribution >= 4 is 10.0 Å². The molecule has 0 aliphatic carbocycles. The van der Waals surface area contributed by atoms with Gasteiger partial charge >= 0.3 is 6.18 Å². The lowest BCUT2D eigenvalue weighted by Gasteiger charge is -2.12. The molecule has 0 fully saturated rings. The topological polar surface area (TPSA) is 78.0 Å². The lowest BCUT2D eigenvalue weighted by atomic mass is 10.1. The summed E-state index contributed by atoms with van der Waals surface area (Å²) in [5.74, 6) is -0.0304. The normalized spacial score (nSPS) is 12.3. The summed E-state index contributed by atoms with van der Waals surface area (Å²) in [6, 6.07) is 12.3. The van der Waals surface area contributed by atoms with Crippen LogP contribution in [0.5, 0.6) is 0 Å². The third-order valence-corrected chi connectivity index (χ3v) is 4.66. The molecule has 0 aliphatic rings. The van der Waals surface area contributed by atoms with Crippen LogP contribution in [0, 0.1) is 6.92 Å². The summed E-state index contributed by atoms with van der Waals surface area (Å²) >= 11 is 0. The van der Waals surface area contributed by atoms with Gasteiger partial charge in [0.15, 0.2) is 5.69 Å². The molecule has 2 N–H and O–H groups in total. The summed E-state index contributed by atoms with van der Waals surface area (Å²) in [5.41, 5.74) is 0.114. The summed E-state index contributed by atoms with van der Waals surface area (Å²) in [4.78, 5) is 3.40. The van der Waals surface area contributed by atoms with E-state index in [1.807, 2.05) is 0 Å². The second kappa shape index (κ2) is 6.26. The van der Waals surface area contributed by atoms with Crippen LogP contribution in [0.25, 0.3) is 17.1 Å². The molecule has 5 nitrogen and oxygen atoms in total. The van der Waals surface area contributed by atoms with Gasteiger partial charge in [-0.3, -0.25) is 4.57 Å². The molecule has 26 heavy (non-hydrogen) atoms. The van der Waals surface area contributed by atoms with Gasteiger partial charge in [-0.05, 0) is 25.1 Å². The predicted octanol–water partition coefficient (Wildman–Crippen LogP) is 3.51. The van der Waals surface area contributed by atoms with E-state index in [1.165, 1.54) is 24.3 Å². The number of para-hydroxylation sites is 1. The van der Waals surface area contributed by atoms with Crippen LogP contribution in [0.4, 0.5) is 13.2 Å². The lowest BCUT2D eigenvalue weighted by molar-refractivity contribution is -0.140. The third-order valence-electron chi connectivity index (χ3n) is 3.70. The number of benzene rings is 2. The Morgan fingerprint density at radius 3 is 2.38 bits per heavy atom. The lowest BCUT2D eigenvalue weighted by Crippen LogP contribution is -2.15. The zero-order valence-corrected chi connectivity index (χ0v) is 14.3. The van der Waals surface area contributed by atoms with Crippen LogP contribution >= 0.6 is 0 Å². The average molecular weight is 381 g/mol. The predicted molar refractivity (Wildman–Crippen MR) is 90.1 cm³/mol. The number of nitrogens with two attached hydrogens (primary N) is 1. The smallest absolute Gasteiger partial charge is 0.298 e. The van der Waals surface area contributed by atoms with Gasteiger partial charge in [-0.2, -0.15) is 13.2 Å². The first-order chi connectivity index (χ1) is 12.1. The van der Waals surface area contributed by atoms with E-state index in [2.05, 4.69) is 4.98 Å². The van der Waals surface area contributed by atoms with Crippen LogP contribution in [0.3, 0.4) is 0 Å². The fourth-order valence-electron chi connectivity index (χ4n) is 2.59. The molecule has 0 unspecified atom stereocenters. The first-order valence-corrected chi connectivity index (χ1v) is 8.98. The van der Waals surface area contributed by atoms with Gasteiger partial charge in [0.2, 0.25) is 10.0 Å². The molecule has 0 bridgehead atoms. The maximum absolute atomic E-state index is 13.2. The van der Waals surface area contributed by atoms with Crippen molar-refractivity contribution in [1.29, 1.82) is 0 Å². The minimum atomic E-state index is -4.68. The van der Waals surface area contributed by atoms with E-state index in [0.29, 0.717) is 5.56 Å². The molecule has 3 rings (SSSR count). The number of primary sulfonamides is 1. The van der Waals surface area contributed by atoms with E-state index in [-0.39, 0.29) is 16.4 Å². The quantitative estimate of drug-likeness (QED) is 0.754. The first kappa shape index (κ1) is 18.2. The van der Waals surface area contributed by atoms with Crippen LogP contribution in [0.2, 0.25) is 0 Å². The minimum Gasteiger partial charge on any atom is -0.298 e. The van der Waals surface area contributed by atoms with E-state index < -0.39 is 21.9 Å². The van der Waals surface area contributed by atoms with Gasteiger partial charge < -0.3 is 0 Å². The van der Waals surface area contributed by atoms with E-state index in [4.69, 9.17) is 5.14 Å². The monoisotopic (exact) mass is 381 g/mol. The SMILES string of the molecule is Cc1cccc(-c2nc(C(F)(F)F)cn2-c2ccccc2S(N)(=O)=O)c1. The standard InChI is InChI=1S/C17H14F3N3O2S/c1-11-5-4-6-12(9-11)16-22-15(17(18,19)20)10-23(16)13-7-2-3-8-14(13)26(21,24)25/h2-10H,1H3,(H2,21,24,25). The fraction of sp³-hybridized carbons (Fsp3) is 0.118. The summed E-state index contributed by atoms with van der Waals surface area (Å²) in [7, 11) is -4.14. The number of aryl methyl sites for hydroxylation is 1. The van der Waals surface area contributed by atoms with E-state index in [1.54, 1.807) is 31.2 Å². The van der Waals surface area contributed by atoms with Crippen molar-refractivity contribution in [2.75, 3.05) is 0 Å². The molecule has 3 aromatic rings. The Bertz CT molecular complexity index is 1070. The van der Waals surface area contributed by atoms with E-state index >= 15 is 0 Å². The molecule has 9 heteroatoms. The number of halogens is 3. The molecular formula is C17H14F3N3O2S. The Balaban J connectivity index is 2.34. The molecular weight excluding hydrogens is 367 g/mol. The highest BCUT2D eigenvalue weighted by Crippen LogP contribution is 2.34. The Morgan fingerprint density at radius 2 is 1.77 bits per heavy atom. The first-order valence-electron chi connectivity index (χ1n) is 7.43. The van der Waals surface area contributed by atoms with Gasteiger partial charge in [0.25, 0.3) is 0 Å². The molecule has 1 aromatic heterocycles. The molecule has 0 saturated carbocycles. The molecule has 1 heterocycles. The van der Waals surface area contributed by atoms with Crippen molar-refractivity contribution < 1.29 is 21.6 Å². The Labute approximate surface area is 148 Å². The second-order valence-corrected chi connectivity index (χ2v) is 7.23. The van der Waals surface area contributed by atoms with E-state index in [9.17, 15) is 21.6 Å². The van der Waals surface area contributed by atoms with Crippen molar-refractivity contribution in [1.82, 2.24) is 9.55 Å². The van der Waals surface area contributed by atoms with Crippen molar-refractivity contribution in [2.45, 2.75) is 18.0 Å². The van der Waals surface area contributed by atoms with Crippen molar-refractivity contribution in [3.05, 3.63) is 66.0 Å². The summed E-state index contributed by atoms with van der Waals surface area (Å²) in [6.45, 7) is 1.79. The van der Waals surface area contributed by atoms with Crippen LogP contribution < -0.4 is 5.14 Å². The van der Waals surface area contributed by atoms with Crippen molar-refractivity contribution in [3.8, 4) is 17.1 Å². The number of imidazole rings is 1. The molecule has 0 atom stereocenters. The average Bonchev–Trinajstić information content (AvgIpc) is 2.99. The number of aromatic nitrogens is 2. The zero-order chi connectivity index (χ0) is 19.1. The largest absolute Gasteiger partial charge is 0.434 e. The maximum Gasteiger partial charge on any atom is 0.434 e. The van der Waals surface area contributed by atoms with Crippen molar-refractivity contribution in [3.63, 3.8) is 0 Å². The Hall–Kier alpha value is -2.65. The van der Waals surface area contributed by atoms with Crippen LogP contribution in [0.15, 0.2) is 59.6 Å². The highest BCUT2D eigenvalue weighted by atomic mass is 32.2. The minimum absolute atomic E-state index is 0.00509. The highest BCUT2D eigenvalue weighted by molar-refractivity contribution is 7.89. The summed E-state index contributed by atoms with van der Waals surface area (Å²) < 4.78 is 64.4. The molecule has 136 valence electrons. The molecule has 0 aliphatic heterocycles. The van der Waals surface area contributed by atoms with Gasteiger partial charge in [0.1, 0.15) is 10.7 Å². The molecule has 0 radical (unpaired) electrons. The van der Waals surface area contributed by atoms with Crippen LogP contribution in [-0.4, -0.2) is 18.0 Å². The Morgan fingerprint density at radius 1 is 1.08 bits per heavy atom. The zero-order valence-electron chi connectivity index (χ0n) is 13.5. The van der Waals surface area contributed by atoms with Crippen LogP contribution in [0.1, 0.15) is 11.3 Å². The summed E-state index contributed by atoms with van der Waals surface area (Å²) in [5, 5.41) is 5.22. The number of sulfonamides is 1. The summed E-state index contributed by atoms with van der Waals surface area (Å²) in [6.07, 6.45) is -3.91. The Kier molecular flexibility index (Phi) is 4.37. The molecule has 0 amide bonds. The van der Waals surface area contributed by atoms with Crippen molar-refractivity contribution in [2.24, 2.45) is 5.14 Å². The van der Waals surface area contributed by atoms with Gasteiger partial charge in [-0.25, -0.2) is 18.5 Å². The second-order valence-electron chi connectivity index (χ2n) is 5.70. The number of alkyl halides is 3. The highest BCUT2D eigenvalue weighted by Gasteiger charge is 2.35. The molecule has 2 aromatic carbocycles. The number of rotatable bonds is 3. The third kappa shape index (κ3) is 3.49. The number of nitrogens with zero attached hydrogens (tertiary/aromatic N) is 2. The maximum atomic E-state index is 13.2. The van der Waals surface area contributed by atoms with E-state index in [0.717, 1.165) is 16.3 Å². The molecule has 0 spiro atoms. The number of hydrogen-bond acceptors (Lipinski definition) is 3. The van der Waals surface area contributed by atoms with Gasteiger partial charge in [-0.15, -0.1) is 0 Å². The molecule has 0 saturated heterocycles. The number of hydrogen-bond donors (Lipinski definition) is 1.